The Morgan fingerprint density at radius 3 is 3.00 bits per heavy atom. The Hall–Kier alpha value is -2.51. The maximum absolute atomic E-state index is 5.70. The number of nitrogens with one attached hydrogen (secondary N) is 2. The van der Waals surface area contributed by atoms with Gasteiger partial charge in [-0.1, -0.05) is 18.2 Å². The minimum atomic E-state index is 0.151. The molecule has 2 aromatic heterocycles. The Labute approximate surface area is 133 Å². The van der Waals surface area contributed by atoms with Crippen LogP contribution in [0.1, 0.15) is 0 Å². The predicted molar refractivity (Wildman–Crippen MR) is 87.8 cm³/mol. The quantitative estimate of drug-likeness (QED) is 0.754. The van der Waals surface area contributed by atoms with Gasteiger partial charge in [0, 0.05) is 19.6 Å². The third-order valence-electron chi connectivity index (χ3n) is 3.87. The van der Waals surface area contributed by atoms with Gasteiger partial charge in [0.15, 0.2) is 5.65 Å². The smallest absolute Gasteiger partial charge is 0.168 e. The molecular formula is C16H18N6O. The summed E-state index contributed by atoms with van der Waals surface area (Å²) >= 11 is 0. The molecule has 2 N–H and O–H groups in total. The van der Waals surface area contributed by atoms with E-state index in [1.54, 1.807) is 12.5 Å². The van der Waals surface area contributed by atoms with E-state index in [0.717, 1.165) is 42.2 Å². The number of para-hydroxylation sites is 1. The first-order valence-electron chi connectivity index (χ1n) is 7.72. The molecule has 3 heterocycles. The van der Waals surface area contributed by atoms with Crippen molar-refractivity contribution >= 4 is 16.9 Å². The first-order valence-corrected chi connectivity index (χ1v) is 7.72. The first-order chi connectivity index (χ1) is 11.4. The van der Waals surface area contributed by atoms with E-state index in [-0.39, 0.29) is 6.10 Å². The van der Waals surface area contributed by atoms with Crippen LogP contribution in [-0.2, 0) is 4.74 Å². The van der Waals surface area contributed by atoms with E-state index < -0.39 is 0 Å². The normalized spacial score (nSPS) is 18.2. The molecule has 1 aliphatic heterocycles. The third-order valence-corrected chi connectivity index (χ3v) is 3.87. The van der Waals surface area contributed by atoms with Crippen molar-refractivity contribution in [3.8, 4) is 5.69 Å². The summed E-state index contributed by atoms with van der Waals surface area (Å²) in [6, 6.07) is 9.95. The summed E-state index contributed by atoms with van der Waals surface area (Å²) in [5, 5.41) is 12.0. The zero-order chi connectivity index (χ0) is 15.5. The number of morpholine rings is 1. The molecule has 0 radical (unpaired) electrons. The Morgan fingerprint density at radius 2 is 2.17 bits per heavy atom. The van der Waals surface area contributed by atoms with E-state index in [1.165, 1.54) is 0 Å². The van der Waals surface area contributed by atoms with Gasteiger partial charge < -0.3 is 15.4 Å². The molecule has 1 atom stereocenters. The molecule has 0 aliphatic carbocycles. The van der Waals surface area contributed by atoms with Gasteiger partial charge in [-0.2, -0.15) is 5.10 Å². The molecule has 1 aromatic carbocycles. The fraction of sp³-hybridized carbons (Fsp3) is 0.312. The van der Waals surface area contributed by atoms with E-state index in [9.17, 15) is 0 Å². The number of hydrogen-bond acceptors (Lipinski definition) is 6. The molecule has 3 aromatic rings. The maximum Gasteiger partial charge on any atom is 0.168 e. The fourth-order valence-electron chi connectivity index (χ4n) is 2.70. The lowest BCUT2D eigenvalue weighted by Gasteiger charge is -2.23. The largest absolute Gasteiger partial charge is 0.374 e. The van der Waals surface area contributed by atoms with Crippen LogP contribution in [0.3, 0.4) is 0 Å². The van der Waals surface area contributed by atoms with Gasteiger partial charge in [0.1, 0.15) is 12.1 Å². The number of aromatic nitrogens is 4. The van der Waals surface area contributed by atoms with Crippen molar-refractivity contribution in [2.24, 2.45) is 0 Å². The summed E-state index contributed by atoms with van der Waals surface area (Å²) in [5.74, 6) is 0.784. The predicted octanol–water partition coefficient (Wildman–Crippen LogP) is 1.22. The minimum absolute atomic E-state index is 0.151. The Balaban J connectivity index is 1.60. The van der Waals surface area contributed by atoms with Crippen molar-refractivity contribution in [1.82, 2.24) is 25.1 Å². The average molecular weight is 310 g/mol. The number of fused-ring (bicyclic) bond motifs is 1. The van der Waals surface area contributed by atoms with Crippen LogP contribution < -0.4 is 10.6 Å². The van der Waals surface area contributed by atoms with E-state index in [2.05, 4.69) is 25.7 Å². The lowest BCUT2D eigenvalue weighted by Crippen LogP contribution is -2.42. The van der Waals surface area contributed by atoms with Crippen LogP contribution in [0, 0.1) is 0 Å². The molecule has 1 aliphatic rings. The molecule has 7 nitrogen and oxygen atoms in total. The van der Waals surface area contributed by atoms with Crippen molar-refractivity contribution in [2.75, 3.05) is 31.6 Å². The van der Waals surface area contributed by atoms with E-state index in [4.69, 9.17) is 4.74 Å². The van der Waals surface area contributed by atoms with Gasteiger partial charge in [-0.25, -0.2) is 14.6 Å². The number of nitrogens with zero attached hydrogens (tertiary/aromatic N) is 4. The van der Waals surface area contributed by atoms with Crippen molar-refractivity contribution in [3.63, 3.8) is 0 Å². The van der Waals surface area contributed by atoms with Gasteiger partial charge in [0.2, 0.25) is 0 Å². The molecule has 4 rings (SSSR count). The molecule has 118 valence electrons. The van der Waals surface area contributed by atoms with Crippen molar-refractivity contribution in [2.45, 2.75) is 6.10 Å². The molecule has 0 bridgehead atoms. The third kappa shape index (κ3) is 2.88. The van der Waals surface area contributed by atoms with Crippen LogP contribution in [0.15, 0.2) is 42.9 Å². The second-order valence-electron chi connectivity index (χ2n) is 5.43. The number of benzene rings is 1. The molecule has 1 saturated heterocycles. The maximum atomic E-state index is 5.70. The van der Waals surface area contributed by atoms with E-state index in [0.29, 0.717) is 6.54 Å². The fourth-order valence-corrected chi connectivity index (χ4v) is 2.70. The van der Waals surface area contributed by atoms with Gasteiger partial charge in [-0.3, -0.25) is 0 Å². The molecule has 23 heavy (non-hydrogen) atoms. The lowest BCUT2D eigenvalue weighted by atomic mass is 10.3. The number of ether oxygens (including phenoxy) is 1. The summed E-state index contributed by atoms with van der Waals surface area (Å²) in [6.07, 6.45) is 3.51. The van der Waals surface area contributed by atoms with Crippen LogP contribution in [0.4, 0.5) is 5.82 Å². The topological polar surface area (TPSA) is 76.9 Å². The standard InChI is InChI=1S/C16H18N6O/c1-2-4-12(5-3-1)22-16-14(10-21-22)15(19-11-20-16)18-9-13-8-17-6-7-23-13/h1-5,10-11,13,17H,6-9H2,(H,18,19,20). The van der Waals surface area contributed by atoms with Crippen molar-refractivity contribution in [1.29, 1.82) is 0 Å². The second-order valence-corrected chi connectivity index (χ2v) is 5.43. The highest BCUT2D eigenvalue weighted by atomic mass is 16.5. The molecule has 0 amide bonds. The summed E-state index contributed by atoms with van der Waals surface area (Å²) < 4.78 is 7.52. The van der Waals surface area contributed by atoms with Crippen molar-refractivity contribution in [3.05, 3.63) is 42.9 Å². The Bertz CT molecular complexity index is 782. The van der Waals surface area contributed by atoms with Gasteiger partial charge in [-0.05, 0) is 12.1 Å². The van der Waals surface area contributed by atoms with Crippen LogP contribution in [-0.4, -0.2) is 52.1 Å². The zero-order valence-corrected chi connectivity index (χ0v) is 12.6. The first kappa shape index (κ1) is 14.1. The SMILES string of the molecule is c1ccc(-n2ncc3c(NCC4CNCCO4)ncnc32)cc1. The summed E-state index contributed by atoms with van der Waals surface area (Å²) in [4.78, 5) is 8.73. The van der Waals surface area contributed by atoms with Gasteiger partial charge in [0.25, 0.3) is 0 Å². The van der Waals surface area contributed by atoms with Gasteiger partial charge in [-0.15, -0.1) is 0 Å². The highest BCUT2D eigenvalue weighted by Gasteiger charge is 2.15. The number of hydrogen-bond donors (Lipinski definition) is 2. The molecule has 0 saturated carbocycles. The van der Waals surface area contributed by atoms with E-state index in [1.807, 2.05) is 35.0 Å². The highest BCUT2D eigenvalue weighted by Crippen LogP contribution is 2.21. The van der Waals surface area contributed by atoms with Crippen LogP contribution in [0.25, 0.3) is 16.7 Å². The lowest BCUT2D eigenvalue weighted by molar-refractivity contribution is 0.0372. The second kappa shape index (κ2) is 6.31. The Morgan fingerprint density at radius 1 is 1.26 bits per heavy atom. The van der Waals surface area contributed by atoms with Crippen LogP contribution in [0.5, 0.6) is 0 Å². The van der Waals surface area contributed by atoms with Gasteiger partial charge in [0.05, 0.1) is 30.0 Å². The molecule has 0 spiro atoms. The highest BCUT2D eigenvalue weighted by molar-refractivity contribution is 5.87. The van der Waals surface area contributed by atoms with Crippen LogP contribution >= 0.6 is 0 Å². The van der Waals surface area contributed by atoms with E-state index >= 15 is 0 Å². The number of anilines is 1. The Kier molecular flexibility index (Phi) is 3.87. The summed E-state index contributed by atoms with van der Waals surface area (Å²) in [7, 11) is 0. The molecule has 1 unspecified atom stereocenters. The zero-order valence-electron chi connectivity index (χ0n) is 12.6. The monoisotopic (exact) mass is 310 g/mol. The van der Waals surface area contributed by atoms with Gasteiger partial charge >= 0.3 is 0 Å². The average Bonchev–Trinajstić information content (AvgIpc) is 3.06. The molecular weight excluding hydrogens is 292 g/mol. The summed E-state index contributed by atoms with van der Waals surface area (Å²) in [5.41, 5.74) is 1.77. The minimum Gasteiger partial charge on any atom is -0.374 e. The summed E-state index contributed by atoms with van der Waals surface area (Å²) in [6.45, 7) is 3.22. The number of rotatable bonds is 4. The van der Waals surface area contributed by atoms with Crippen LogP contribution in [0.2, 0.25) is 0 Å². The molecule has 7 heteroatoms. The van der Waals surface area contributed by atoms with Crippen molar-refractivity contribution < 1.29 is 4.74 Å². The molecule has 1 fully saturated rings.